The summed E-state index contributed by atoms with van der Waals surface area (Å²) in [5, 5.41) is 11.7. The molecule has 5 heteroatoms. The van der Waals surface area contributed by atoms with Gasteiger partial charge in [0.15, 0.2) is 0 Å². The first kappa shape index (κ1) is 9.30. The summed E-state index contributed by atoms with van der Waals surface area (Å²) < 4.78 is 3.08. The first-order valence-electron chi connectivity index (χ1n) is 5.06. The van der Waals surface area contributed by atoms with E-state index in [1.165, 1.54) is 0 Å². The molecule has 1 N–H and O–H groups in total. The normalized spacial score (nSPS) is 21.3. The van der Waals surface area contributed by atoms with Crippen molar-refractivity contribution in [2.45, 2.75) is 12.5 Å². The van der Waals surface area contributed by atoms with Crippen molar-refractivity contribution in [2.75, 3.05) is 13.1 Å². The maximum atomic E-state index is 4.22. The molecular formula is C10H11BrN4. The molecule has 1 aromatic heterocycles. The summed E-state index contributed by atoms with van der Waals surface area (Å²) in [7, 11) is 0. The number of fused-ring (bicyclic) bond motifs is 1. The van der Waals surface area contributed by atoms with Crippen molar-refractivity contribution in [3.63, 3.8) is 0 Å². The maximum Gasteiger partial charge on any atom is 0.114 e. The van der Waals surface area contributed by atoms with E-state index in [2.05, 4.69) is 37.6 Å². The Morgan fingerprint density at radius 1 is 1.47 bits per heavy atom. The Bertz CT molecular complexity index is 487. The molecule has 1 aliphatic heterocycles. The second-order valence-electron chi connectivity index (χ2n) is 3.81. The Morgan fingerprint density at radius 2 is 2.40 bits per heavy atom. The van der Waals surface area contributed by atoms with Crippen LogP contribution >= 0.6 is 15.9 Å². The lowest BCUT2D eigenvalue weighted by Gasteiger charge is -2.08. The SMILES string of the molecule is Brc1ccc2c(c1)nnn2C1CCNC1. The Balaban J connectivity index is 2.11. The minimum Gasteiger partial charge on any atom is -0.315 e. The van der Waals surface area contributed by atoms with Crippen LogP contribution in [-0.4, -0.2) is 28.1 Å². The minimum absolute atomic E-state index is 0.455. The number of hydrogen-bond acceptors (Lipinski definition) is 3. The van der Waals surface area contributed by atoms with E-state index in [9.17, 15) is 0 Å². The highest BCUT2D eigenvalue weighted by molar-refractivity contribution is 9.10. The molecule has 1 unspecified atom stereocenters. The molecule has 0 aliphatic carbocycles. The van der Waals surface area contributed by atoms with Crippen LogP contribution in [0.2, 0.25) is 0 Å². The molecule has 1 fully saturated rings. The van der Waals surface area contributed by atoms with Gasteiger partial charge in [-0.1, -0.05) is 21.1 Å². The molecule has 2 aromatic rings. The third kappa shape index (κ3) is 1.55. The Morgan fingerprint density at radius 3 is 3.20 bits per heavy atom. The molecule has 0 bridgehead atoms. The van der Waals surface area contributed by atoms with Crippen molar-refractivity contribution >= 4 is 27.0 Å². The van der Waals surface area contributed by atoms with Crippen molar-refractivity contribution < 1.29 is 0 Å². The molecule has 0 radical (unpaired) electrons. The second kappa shape index (κ2) is 3.57. The Labute approximate surface area is 95.8 Å². The summed E-state index contributed by atoms with van der Waals surface area (Å²) >= 11 is 3.44. The molecular weight excluding hydrogens is 256 g/mol. The van der Waals surface area contributed by atoms with E-state index in [1.54, 1.807) is 0 Å². The van der Waals surface area contributed by atoms with E-state index in [4.69, 9.17) is 0 Å². The number of aromatic nitrogens is 3. The highest BCUT2D eigenvalue weighted by Crippen LogP contribution is 2.22. The van der Waals surface area contributed by atoms with Crippen LogP contribution in [0.3, 0.4) is 0 Å². The predicted molar refractivity (Wildman–Crippen MR) is 61.8 cm³/mol. The fourth-order valence-corrected chi connectivity index (χ4v) is 2.38. The van der Waals surface area contributed by atoms with E-state index < -0.39 is 0 Å². The zero-order chi connectivity index (χ0) is 10.3. The van der Waals surface area contributed by atoms with Gasteiger partial charge in [-0.15, -0.1) is 5.10 Å². The van der Waals surface area contributed by atoms with Gasteiger partial charge in [0.2, 0.25) is 0 Å². The molecule has 78 valence electrons. The Hall–Kier alpha value is -0.940. The highest BCUT2D eigenvalue weighted by Gasteiger charge is 2.19. The van der Waals surface area contributed by atoms with Crippen LogP contribution in [0.1, 0.15) is 12.5 Å². The number of rotatable bonds is 1. The van der Waals surface area contributed by atoms with Crippen molar-refractivity contribution in [1.29, 1.82) is 0 Å². The summed E-state index contributed by atoms with van der Waals surface area (Å²) in [6, 6.07) is 6.56. The van der Waals surface area contributed by atoms with Crippen molar-refractivity contribution in [3.8, 4) is 0 Å². The second-order valence-corrected chi connectivity index (χ2v) is 4.73. The summed E-state index contributed by atoms with van der Waals surface area (Å²) in [6.07, 6.45) is 1.13. The quantitative estimate of drug-likeness (QED) is 0.855. The smallest absolute Gasteiger partial charge is 0.114 e. The molecule has 0 spiro atoms. The Kier molecular flexibility index (Phi) is 2.21. The molecule has 1 atom stereocenters. The standard InChI is InChI=1S/C10H11BrN4/c11-7-1-2-10-9(5-7)13-14-15(10)8-3-4-12-6-8/h1-2,5,8,12H,3-4,6H2. The van der Waals surface area contributed by atoms with Crippen LogP contribution < -0.4 is 5.32 Å². The van der Waals surface area contributed by atoms with E-state index in [0.717, 1.165) is 35.0 Å². The molecule has 4 nitrogen and oxygen atoms in total. The van der Waals surface area contributed by atoms with Gasteiger partial charge in [-0.2, -0.15) is 0 Å². The van der Waals surface area contributed by atoms with Crippen molar-refractivity contribution in [3.05, 3.63) is 22.7 Å². The van der Waals surface area contributed by atoms with Gasteiger partial charge in [-0.3, -0.25) is 0 Å². The molecule has 15 heavy (non-hydrogen) atoms. The summed E-state index contributed by atoms with van der Waals surface area (Å²) in [5.41, 5.74) is 2.07. The third-order valence-electron chi connectivity index (χ3n) is 2.81. The number of halogens is 1. The lowest BCUT2D eigenvalue weighted by molar-refractivity contribution is 0.490. The molecule has 3 rings (SSSR count). The molecule has 1 aliphatic rings. The lowest BCUT2D eigenvalue weighted by atomic mass is 10.2. The van der Waals surface area contributed by atoms with Crippen LogP contribution in [0, 0.1) is 0 Å². The number of nitrogens with one attached hydrogen (secondary N) is 1. The van der Waals surface area contributed by atoms with Gasteiger partial charge in [0.05, 0.1) is 11.6 Å². The van der Waals surface area contributed by atoms with Gasteiger partial charge in [0.1, 0.15) is 5.52 Å². The van der Waals surface area contributed by atoms with Gasteiger partial charge in [-0.05, 0) is 31.2 Å². The zero-order valence-corrected chi connectivity index (χ0v) is 9.74. The first-order chi connectivity index (χ1) is 7.34. The largest absolute Gasteiger partial charge is 0.315 e. The summed E-state index contributed by atoms with van der Waals surface area (Å²) in [5.74, 6) is 0. The molecule has 0 saturated carbocycles. The van der Waals surface area contributed by atoms with Gasteiger partial charge in [0, 0.05) is 11.0 Å². The summed E-state index contributed by atoms with van der Waals surface area (Å²) in [4.78, 5) is 0. The topological polar surface area (TPSA) is 42.7 Å². The molecule has 2 heterocycles. The number of hydrogen-bond donors (Lipinski definition) is 1. The molecule has 0 amide bonds. The fourth-order valence-electron chi connectivity index (χ4n) is 2.03. The van der Waals surface area contributed by atoms with Crippen LogP contribution in [0.4, 0.5) is 0 Å². The van der Waals surface area contributed by atoms with Gasteiger partial charge >= 0.3 is 0 Å². The molecule has 1 saturated heterocycles. The zero-order valence-electron chi connectivity index (χ0n) is 8.15. The van der Waals surface area contributed by atoms with E-state index >= 15 is 0 Å². The monoisotopic (exact) mass is 266 g/mol. The fraction of sp³-hybridized carbons (Fsp3) is 0.400. The van der Waals surface area contributed by atoms with Crippen molar-refractivity contribution in [2.24, 2.45) is 0 Å². The van der Waals surface area contributed by atoms with E-state index in [-0.39, 0.29) is 0 Å². The van der Waals surface area contributed by atoms with Crippen LogP contribution in [0.15, 0.2) is 22.7 Å². The number of nitrogens with zero attached hydrogens (tertiary/aromatic N) is 3. The average molecular weight is 267 g/mol. The first-order valence-corrected chi connectivity index (χ1v) is 5.85. The molecule has 1 aromatic carbocycles. The number of benzene rings is 1. The maximum absolute atomic E-state index is 4.22. The van der Waals surface area contributed by atoms with Crippen molar-refractivity contribution in [1.82, 2.24) is 20.3 Å². The third-order valence-corrected chi connectivity index (χ3v) is 3.31. The van der Waals surface area contributed by atoms with Crippen LogP contribution in [0.25, 0.3) is 11.0 Å². The minimum atomic E-state index is 0.455. The average Bonchev–Trinajstić information content (AvgIpc) is 2.82. The van der Waals surface area contributed by atoms with Gasteiger partial charge in [0.25, 0.3) is 0 Å². The lowest BCUT2D eigenvalue weighted by Crippen LogP contribution is -2.14. The predicted octanol–water partition coefficient (Wildman–Crippen LogP) is 1.73. The van der Waals surface area contributed by atoms with E-state index in [0.29, 0.717) is 6.04 Å². The van der Waals surface area contributed by atoms with Crippen LogP contribution in [-0.2, 0) is 0 Å². The highest BCUT2D eigenvalue weighted by atomic mass is 79.9. The van der Waals surface area contributed by atoms with Gasteiger partial charge < -0.3 is 5.32 Å². The van der Waals surface area contributed by atoms with Gasteiger partial charge in [-0.25, -0.2) is 4.68 Å². The van der Waals surface area contributed by atoms with E-state index in [1.807, 2.05) is 16.8 Å². The summed E-state index contributed by atoms with van der Waals surface area (Å²) in [6.45, 7) is 2.07. The van der Waals surface area contributed by atoms with Crippen LogP contribution in [0.5, 0.6) is 0 Å².